The third kappa shape index (κ3) is 6.00. The summed E-state index contributed by atoms with van der Waals surface area (Å²) in [7, 11) is 0. The molecule has 2 aromatic heterocycles. The summed E-state index contributed by atoms with van der Waals surface area (Å²) in [5.41, 5.74) is 11.9. The molecular weight excluding hydrogens is 621 g/mol. The topological polar surface area (TPSA) is 23.8 Å². The number of aromatic nitrogens is 2. The number of benzene rings is 7. The summed E-state index contributed by atoms with van der Waals surface area (Å²) in [6.45, 7) is 0. The maximum Gasteiger partial charge on any atom is 0.137 e. The van der Waals surface area contributed by atoms with Gasteiger partial charge in [0.25, 0.3) is 0 Å². The first-order valence-electron chi connectivity index (χ1n) is 17.2. The number of pyridine rings is 1. The van der Waals surface area contributed by atoms with Crippen molar-refractivity contribution in [2.45, 2.75) is 0 Å². The van der Waals surface area contributed by atoms with E-state index < -0.39 is 0 Å². The molecule has 9 rings (SSSR count). The van der Waals surface area contributed by atoms with E-state index in [-0.39, 0.29) is 0 Å². The molecule has 0 aliphatic rings. The number of nitrogens with zero attached hydrogens (tertiary/aromatic N) is 4. The molecule has 242 valence electrons. The van der Waals surface area contributed by atoms with Crippen molar-refractivity contribution in [2.24, 2.45) is 0 Å². The minimum atomic E-state index is 0.935. The zero-order chi connectivity index (χ0) is 34.0. The third-order valence-electron chi connectivity index (χ3n) is 9.39. The molecule has 4 heteroatoms. The Morgan fingerprint density at radius 2 is 0.804 bits per heavy atom. The van der Waals surface area contributed by atoms with Gasteiger partial charge in [-0.3, -0.25) is 0 Å². The zero-order valence-corrected chi connectivity index (χ0v) is 27.9. The first-order chi connectivity index (χ1) is 25.3. The summed E-state index contributed by atoms with van der Waals surface area (Å²) in [6.07, 6.45) is 4.11. The second kappa shape index (κ2) is 13.2. The minimum absolute atomic E-state index is 0.935. The quantitative estimate of drug-likeness (QED) is 0.163. The van der Waals surface area contributed by atoms with Crippen molar-refractivity contribution in [3.63, 3.8) is 0 Å². The molecular formula is C47H34N4. The summed E-state index contributed by atoms with van der Waals surface area (Å²) in [4.78, 5) is 9.46. The second-order valence-electron chi connectivity index (χ2n) is 12.6. The predicted molar refractivity (Wildman–Crippen MR) is 213 cm³/mol. The van der Waals surface area contributed by atoms with Crippen LogP contribution in [0.15, 0.2) is 207 Å². The molecule has 0 bridgehead atoms. The first-order valence-corrected chi connectivity index (χ1v) is 17.2. The highest BCUT2D eigenvalue weighted by molar-refractivity contribution is 5.88. The smallest absolute Gasteiger partial charge is 0.137 e. The van der Waals surface area contributed by atoms with Gasteiger partial charge in [0.15, 0.2) is 0 Å². The lowest BCUT2D eigenvalue weighted by atomic mass is 10.0. The highest BCUT2D eigenvalue weighted by atomic mass is 15.2. The van der Waals surface area contributed by atoms with Crippen molar-refractivity contribution >= 4 is 50.5 Å². The molecule has 0 N–H and O–H groups in total. The van der Waals surface area contributed by atoms with E-state index in [1.54, 1.807) is 0 Å². The predicted octanol–water partition coefficient (Wildman–Crippen LogP) is 12.8. The van der Waals surface area contributed by atoms with Gasteiger partial charge in [0.2, 0.25) is 0 Å². The fourth-order valence-electron chi connectivity index (χ4n) is 6.83. The summed E-state index contributed by atoms with van der Waals surface area (Å²) in [5, 5.41) is 2.49. The van der Waals surface area contributed by atoms with Gasteiger partial charge in [-0.25, -0.2) is 4.98 Å². The lowest BCUT2D eigenvalue weighted by Crippen LogP contribution is -2.12. The lowest BCUT2D eigenvalue weighted by Gasteiger charge is -2.28. The van der Waals surface area contributed by atoms with E-state index in [1.807, 2.05) is 24.4 Å². The fourth-order valence-corrected chi connectivity index (χ4v) is 6.83. The summed E-state index contributed by atoms with van der Waals surface area (Å²) in [6, 6.07) is 68.7. The van der Waals surface area contributed by atoms with Crippen molar-refractivity contribution in [3.05, 3.63) is 207 Å². The van der Waals surface area contributed by atoms with Crippen LogP contribution >= 0.6 is 0 Å². The average molecular weight is 655 g/mol. The van der Waals surface area contributed by atoms with E-state index in [4.69, 9.17) is 4.98 Å². The van der Waals surface area contributed by atoms with E-state index in [0.29, 0.717) is 0 Å². The maximum absolute atomic E-state index is 4.85. The number of fused-ring (bicyclic) bond motifs is 2. The largest absolute Gasteiger partial charge is 0.311 e. The van der Waals surface area contributed by atoms with Gasteiger partial charge in [0.05, 0.1) is 5.69 Å². The van der Waals surface area contributed by atoms with Gasteiger partial charge in [0.1, 0.15) is 5.65 Å². The van der Waals surface area contributed by atoms with Crippen molar-refractivity contribution in [2.75, 3.05) is 9.80 Å². The van der Waals surface area contributed by atoms with Crippen LogP contribution in [0.25, 0.3) is 38.8 Å². The molecule has 0 aliphatic heterocycles. The highest BCUT2D eigenvalue weighted by Crippen LogP contribution is 2.40. The van der Waals surface area contributed by atoms with Gasteiger partial charge in [-0.15, -0.1) is 0 Å². The molecule has 0 saturated carbocycles. The number of hydrogen-bond acceptors (Lipinski definition) is 3. The van der Waals surface area contributed by atoms with Gasteiger partial charge in [-0.05, 0) is 113 Å². The Balaban J connectivity index is 1.10. The summed E-state index contributed by atoms with van der Waals surface area (Å²) in [5.74, 6) is 0. The van der Waals surface area contributed by atoms with Crippen LogP contribution in [0.5, 0.6) is 0 Å². The van der Waals surface area contributed by atoms with E-state index in [2.05, 4.69) is 196 Å². The van der Waals surface area contributed by atoms with Crippen molar-refractivity contribution in [1.29, 1.82) is 0 Å². The Bertz CT molecular complexity index is 2480. The SMILES string of the molecule is c1ccc(N(c2ccccc2)c2ccc(N(c3ccc(-c4ccc5ccccc5c4)cc3)c3ccc(-c4cn5ccccc5n4)cc3)cc2)cc1. The fraction of sp³-hybridized carbons (Fsp3) is 0. The lowest BCUT2D eigenvalue weighted by molar-refractivity contribution is 1.19. The highest BCUT2D eigenvalue weighted by Gasteiger charge is 2.17. The summed E-state index contributed by atoms with van der Waals surface area (Å²) < 4.78 is 2.06. The number of rotatable bonds is 8. The molecule has 4 nitrogen and oxygen atoms in total. The minimum Gasteiger partial charge on any atom is -0.311 e. The summed E-state index contributed by atoms with van der Waals surface area (Å²) >= 11 is 0. The van der Waals surface area contributed by atoms with Crippen LogP contribution in [0, 0.1) is 0 Å². The van der Waals surface area contributed by atoms with E-state index in [0.717, 1.165) is 51.0 Å². The molecule has 0 spiro atoms. The first kappa shape index (κ1) is 30.2. The Hall–Kier alpha value is -6.91. The van der Waals surface area contributed by atoms with E-state index in [9.17, 15) is 0 Å². The average Bonchev–Trinajstić information content (AvgIpc) is 3.65. The number of hydrogen-bond donors (Lipinski definition) is 0. The molecule has 0 atom stereocenters. The molecule has 0 unspecified atom stereocenters. The Labute approximate surface area is 297 Å². The molecule has 9 aromatic rings. The normalized spacial score (nSPS) is 11.1. The van der Waals surface area contributed by atoms with Crippen LogP contribution in [0.1, 0.15) is 0 Å². The number of imidazole rings is 1. The van der Waals surface area contributed by atoms with Gasteiger partial charge in [0, 0.05) is 52.1 Å². The third-order valence-corrected chi connectivity index (χ3v) is 9.39. The number of para-hydroxylation sites is 2. The van der Waals surface area contributed by atoms with Crippen LogP contribution in [0.3, 0.4) is 0 Å². The molecule has 0 saturated heterocycles. The van der Waals surface area contributed by atoms with Gasteiger partial charge >= 0.3 is 0 Å². The molecule has 0 radical (unpaired) electrons. The van der Waals surface area contributed by atoms with Crippen LogP contribution in [0.2, 0.25) is 0 Å². The molecule has 0 aliphatic carbocycles. The molecule has 0 amide bonds. The van der Waals surface area contributed by atoms with Crippen LogP contribution in [-0.4, -0.2) is 9.38 Å². The van der Waals surface area contributed by atoms with E-state index >= 15 is 0 Å². The molecule has 0 fully saturated rings. The van der Waals surface area contributed by atoms with Crippen LogP contribution in [0.4, 0.5) is 34.1 Å². The monoisotopic (exact) mass is 654 g/mol. The Kier molecular flexibility index (Phi) is 7.80. The molecule has 2 heterocycles. The van der Waals surface area contributed by atoms with Gasteiger partial charge in [-0.2, -0.15) is 0 Å². The maximum atomic E-state index is 4.85. The van der Waals surface area contributed by atoms with Gasteiger partial charge in [-0.1, -0.05) is 103 Å². The van der Waals surface area contributed by atoms with Crippen molar-refractivity contribution in [1.82, 2.24) is 9.38 Å². The Morgan fingerprint density at radius 1 is 0.353 bits per heavy atom. The number of anilines is 6. The zero-order valence-electron chi connectivity index (χ0n) is 27.9. The van der Waals surface area contributed by atoms with Crippen molar-refractivity contribution in [3.8, 4) is 22.4 Å². The molecule has 7 aromatic carbocycles. The van der Waals surface area contributed by atoms with Crippen molar-refractivity contribution < 1.29 is 0 Å². The van der Waals surface area contributed by atoms with Crippen LogP contribution < -0.4 is 9.80 Å². The molecule has 51 heavy (non-hydrogen) atoms. The van der Waals surface area contributed by atoms with Gasteiger partial charge < -0.3 is 14.2 Å². The van der Waals surface area contributed by atoms with Crippen LogP contribution in [-0.2, 0) is 0 Å². The van der Waals surface area contributed by atoms with E-state index in [1.165, 1.54) is 21.9 Å². The second-order valence-corrected chi connectivity index (χ2v) is 12.6. The standard InChI is InChI=1S/C47H34N4/c1-3-13-40(14-4-1)50(41-15-5-2-6-16-41)44-28-30-45(31-29-44)51(43-26-22-37(23-27-43)46-34-49-32-10-9-17-47(49)48-46)42-24-20-36(21-25-42)39-19-18-35-11-7-8-12-38(35)33-39/h1-34H. The Morgan fingerprint density at radius 3 is 1.37 bits per heavy atom.